The number of benzene rings is 1. The number of aliphatic hydroxyl groups is 1. The minimum Gasteiger partial charge on any atom is -0.491 e. The molecule has 4 heteroatoms. The van der Waals surface area contributed by atoms with Crippen LogP contribution in [0.2, 0.25) is 0 Å². The van der Waals surface area contributed by atoms with Gasteiger partial charge >= 0.3 is 0 Å². The summed E-state index contributed by atoms with van der Waals surface area (Å²) in [5.74, 6) is 0.770. The molecule has 0 radical (unpaired) electrons. The fourth-order valence-corrected chi connectivity index (χ4v) is 1.69. The number of aryl methyl sites for hydroxylation is 1. The number of imidazole rings is 1. The average Bonchev–Trinajstić information content (AvgIpc) is 2.80. The molecule has 2 aromatic rings. The minimum absolute atomic E-state index is 0.244. The van der Waals surface area contributed by atoms with E-state index in [1.54, 1.807) is 19.4 Å². The molecule has 0 aliphatic rings. The van der Waals surface area contributed by atoms with Crippen molar-refractivity contribution in [3.8, 4) is 5.75 Å². The van der Waals surface area contributed by atoms with Gasteiger partial charge < -0.3 is 14.4 Å². The first-order valence-electron chi connectivity index (χ1n) is 5.93. The second-order valence-electron chi connectivity index (χ2n) is 4.83. The molecule has 0 fully saturated rings. The van der Waals surface area contributed by atoms with Gasteiger partial charge in [-0.1, -0.05) is 17.7 Å². The van der Waals surface area contributed by atoms with Gasteiger partial charge in [-0.15, -0.1) is 0 Å². The van der Waals surface area contributed by atoms with Crippen LogP contribution in [0.15, 0.2) is 43.0 Å². The van der Waals surface area contributed by atoms with Crippen LogP contribution in [-0.2, 0) is 6.54 Å². The second-order valence-corrected chi connectivity index (χ2v) is 4.83. The van der Waals surface area contributed by atoms with Crippen LogP contribution in [0.1, 0.15) is 12.5 Å². The number of ether oxygens (including phenoxy) is 1. The van der Waals surface area contributed by atoms with E-state index >= 15 is 0 Å². The van der Waals surface area contributed by atoms with Crippen molar-refractivity contribution in [2.75, 3.05) is 6.61 Å². The van der Waals surface area contributed by atoms with Crippen molar-refractivity contribution in [1.29, 1.82) is 0 Å². The smallest absolute Gasteiger partial charge is 0.119 e. The molecule has 1 aromatic carbocycles. The fourth-order valence-electron chi connectivity index (χ4n) is 1.69. The Morgan fingerprint density at radius 3 is 2.67 bits per heavy atom. The summed E-state index contributed by atoms with van der Waals surface area (Å²) in [5.41, 5.74) is 0.263. The Kier molecular flexibility index (Phi) is 3.67. The lowest BCUT2D eigenvalue weighted by molar-refractivity contribution is -0.00287. The first-order valence-corrected chi connectivity index (χ1v) is 5.93. The number of hydrogen-bond donors (Lipinski definition) is 1. The van der Waals surface area contributed by atoms with E-state index in [-0.39, 0.29) is 6.61 Å². The summed E-state index contributed by atoms with van der Waals surface area (Å²) in [6.07, 6.45) is 5.19. The second kappa shape index (κ2) is 5.23. The van der Waals surface area contributed by atoms with E-state index in [0.29, 0.717) is 6.54 Å². The van der Waals surface area contributed by atoms with Crippen LogP contribution in [0.5, 0.6) is 5.75 Å². The lowest BCUT2D eigenvalue weighted by Crippen LogP contribution is -2.36. The molecule has 0 amide bonds. The number of nitrogens with zero attached hydrogens (tertiary/aromatic N) is 2. The monoisotopic (exact) mass is 246 g/mol. The van der Waals surface area contributed by atoms with Crippen molar-refractivity contribution >= 4 is 0 Å². The molecule has 1 heterocycles. The molecule has 4 nitrogen and oxygen atoms in total. The van der Waals surface area contributed by atoms with Gasteiger partial charge in [0.1, 0.15) is 18.0 Å². The Balaban J connectivity index is 1.90. The lowest BCUT2D eigenvalue weighted by atomic mass is 10.1. The van der Waals surface area contributed by atoms with Gasteiger partial charge in [-0.2, -0.15) is 0 Å². The molecule has 1 aromatic heterocycles. The summed E-state index contributed by atoms with van der Waals surface area (Å²) in [7, 11) is 0. The molecule has 0 spiro atoms. The van der Waals surface area contributed by atoms with Crippen molar-refractivity contribution in [3.63, 3.8) is 0 Å². The summed E-state index contributed by atoms with van der Waals surface area (Å²) >= 11 is 0. The molecule has 0 saturated heterocycles. The first-order chi connectivity index (χ1) is 8.55. The SMILES string of the molecule is Cc1ccc(OCC(C)(O)Cn2ccnc2)cc1. The van der Waals surface area contributed by atoms with Gasteiger partial charge in [0.25, 0.3) is 0 Å². The van der Waals surface area contributed by atoms with Crippen molar-refractivity contribution in [3.05, 3.63) is 48.5 Å². The van der Waals surface area contributed by atoms with E-state index in [2.05, 4.69) is 4.98 Å². The third kappa shape index (κ3) is 3.60. The van der Waals surface area contributed by atoms with E-state index in [9.17, 15) is 5.11 Å². The molecule has 18 heavy (non-hydrogen) atoms. The van der Waals surface area contributed by atoms with Crippen LogP contribution in [-0.4, -0.2) is 26.9 Å². The lowest BCUT2D eigenvalue weighted by Gasteiger charge is -2.23. The van der Waals surface area contributed by atoms with Crippen LogP contribution >= 0.6 is 0 Å². The highest BCUT2D eigenvalue weighted by atomic mass is 16.5. The number of aromatic nitrogens is 2. The maximum Gasteiger partial charge on any atom is 0.119 e. The maximum absolute atomic E-state index is 10.2. The molecular weight excluding hydrogens is 228 g/mol. The van der Waals surface area contributed by atoms with Gasteiger partial charge in [0, 0.05) is 12.4 Å². The normalized spacial score (nSPS) is 14.2. The van der Waals surface area contributed by atoms with Crippen LogP contribution in [0.25, 0.3) is 0 Å². The van der Waals surface area contributed by atoms with Crippen molar-refractivity contribution in [2.24, 2.45) is 0 Å². The van der Waals surface area contributed by atoms with Gasteiger partial charge in [0.05, 0.1) is 12.9 Å². The highest BCUT2D eigenvalue weighted by molar-refractivity contribution is 5.26. The molecule has 0 aliphatic heterocycles. The third-order valence-electron chi connectivity index (χ3n) is 2.65. The van der Waals surface area contributed by atoms with Gasteiger partial charge in [-0.05, 0) is 26.0 Å². The first kappa shape index (κ1) is 12.6. The van der Waals surface area contributed by atoms with Crippen molar-refractivity contribution in [2.45, 2.75) is 26.0 Å². The molecule has 0 saturated carbocycles. The van der Waals surface area contributed by atoms with Crippen LogP contribution < -0.4 is 4.74 Å². The van der Waals surface area contributed by atoms with E-state index in [1.807, 2.05) is 42.0 Å². The summed E-state index contributed by atoms with van der Waals surface area (Å²) in [6.45, 7) is 4.48. The van der Waals surface area contributed by atoms with E-state index in [4.69, 9.17) is 4.74 Å². The third-order valence-corrected chi connectivity index (χ3v) is 2.65. The Hall–Kier alpha value is -1.81. The van der Waals surface area contributed by atoms with Crippen molar-refractivity contribution in [1.82, 2.24) is 9.55 Å². The van der Waals surface area contributed by atoms with Crippen LogP contribution in [0.3, 0.4) is 0 Å². The molecule has 2 rings (SSSR count). The fraction of sp³-hybridized carbons (Fsp3) is 0.357. The molecule has 96 valence electrons. The molecule has 1 atom stereocenters. The van der Waals surface area contributed by atoms with E-state index in [0.717, 1.165) is 5.75 Å². The average molecular weight is 246 g/mol. The topological polar surface area (TPSA) is 47.3 Å². The standard InChI is InChI=1S/C14H18N2O2/c1-12-3-5-13(6-4-12)18-10-14(2,17)9-16-8-7-15-11-16/h3-8,11,17H,9-10H2,1-2H3. The Bertz CT molecular complexity index is 475. The maximum atomic E-state index is 10.2. The molecule has 0 bridgehead atoms. The molecule has 1 N–H and O–H groups in total. The zero-order chi connectivity index (χ0) is 13.0. The Morgan fingerprint density at radius 2 is 2.06 bits per heavy atom. The predicted molar refractivity (Wildman–Crippen MR) is 69.5 cm³/mol. The Morgan fingerprint density at radius 1 is 1.33 bits per heavy atom. The van der Waals surface area contributed by atoms with Crippen molar-refractivity contribution < 1.29 is 9.84 Å². The van der Waals surface area contributed by atoms with Gasteiger partial charge in [-0.3, -0.25) is 0 Å². The van der Waals surface area contributed by atoms with E-state index < -0.39 is 5.60 Å². The molecule has 0 aliphatic carbocycles. The van der Waals surface area contributed by atoms with Gasteiger partial charge in [-0.25, -0.2) is 4.98 Å². The molecule has 1 unspecified atom stereocenters. The zero-order valence-corrected chi connectivity index (χ0v) is 10.7. The molecular formula is C14H18N2O2. The number of hydrogen-bond acceptors (Lipinski definition) is 3. The predicted octanol–water partition coefficient (Wildman–Crippen LogP) is 2.02. The summed E-state index contributed by atoms with van der Waals surface area (Å²) in [4.78, 5) is 3.95. The van der Waals surface area contributed by atoms with Gasteiger partial charge in [0.15, 0.2) is 0 Å². The van der Waals surface area contributed by atoms with Crippen LogP contribution in [0.4, 0.5) is 0 Å². The highest BCUT2D eigenvalue weighted by Crippen LogP contribution is 2.15. The van der Waals surface area contributed by atoms with E-state index in [1.165, 1.54) is 5.56 Å². The Labute approximate surface area is 107 Å². The minimum atomic E-state index is -0.925. The largest absolute Gasteiger partial charge is 0.491 e. The zero-order valence-electron chi connectivity index (χ0n) is 10.7. The summed E-state index contributed by atoms with van der Waals surface area (Å²) < 4.78 is 7.42. The van der Waals surface area contributed by atoms with Crippen LogP contribution in [0, 0.1) is 6.92 Å². The highest BCUT2D eigenvalue weighted by Gasteiger charge is 2.22. The number of rotatable bonds is 5. The summed E-state index contributed by atoms with van der Waals surface area (Å²) in [5, 5.41) is 10.2. The van der Waals surface area contributed by atoms with Gasteiger partial charge in [0.2, 0.25) is 0 Å². The quantitative estimate of drug-likeness (QED) is 0.878. The summed E-state index contributed by atoms with van der Waals surface area (Å²) in [6, 6.07) is 7.78.